The van der Waals surface area contributed by atoms with Crippen LogP contribution < -0.4 is 22.9 Å². The lowest BCUT2D eigenvalue weighted by Gasteiger charge is -2.30. The number of fused-ring (bicyclic) bond motifs is 8. The Kier molecular flexibility index (Phi) is 4.30. The number of aromatic nitrogens is 4. The monoisotopic (exact) mass is 540 g/mol. The van der Waals surface area contributed by atoms with Crippen LogP contribution in [0.1, 0.15) is 62.8 Å². The van der Waals surface area contributed by atoms with E-state index < -0.39 is 0 Å². The van der Waals surface area contributed by atoms with E-state index in [0.29, 0.717) is 22.7 Å². The summed E-state index contributed by atoms with van der Waals surface area (Å²) < 4.78 is 0. The Balaban J connectivity index is 1.41. The third kappa shape index (κ3) is 3.16. The highest BCUT2D eigenvalue weighted by Gasteiger charge is 2.56. The van der Waals surface area contributed by atoms with Crippen molar-refractivity contribution in [3.63, 3.8) is 0 Å². The number of anilines is 4. The van der Waals surface area contributed by atoms with Crippen molar-refractivity contribution >= 4 is 66.9 Å². The van der Waals surface area contributed by atoms with Crippen molar-refractivity contribution in [3.8, 4) is 0 Å². The molecule has 2 aliphatic rings. The summed E-state index contributed by atoms with van der Waals surface area (Å²) in [7, 11) is 0. The molecule has 204 valence electrons. The van der Waals surface area contributed by atoms with Crippen LogP contribution in [0.5, 0.6) is 0 Å². The number of nitrogen functional groups attached to an aromatic ring is 4. The highest BCUT2D eigenvalue weighted by atomic mass is 14.8. The zero-order valence-electron chi connectivity index (χ0n) is 23.6. The lowest BCUT2D eigenvalue weighted by Crippen LogP contribution is -2.27. The molecule has 0 radical (unpaired) electrons. The van der Waals surface area contributed by atoms with Crippen molar-refractivity contribution in [2.75, 3.05) is 22.9 Å². The average molecular weight is 541 g/mol. The molecule has 0 unspecified atom stereocenters. The lowest BCUT2D eigenvalue weighted by molar-refractivity contribution is 0.350. The molecule has 8 rings (SSSR count). The molecular weight excluding hydrogens is 508 g/mol. The molecule has 8 N–H and O–H groups in total. The fourth-order valence-corrected chi connectivity index (χ4v) is 7.81. The molecule has 8 heteroatoms. The Morgan fingerprint density at radius 3 is 0.951 bits per heavy atom. The number of rotatable bonds is 0. The van der Waals surface area contributed by atoms with E-state index in [9.17, 15) is 0 Å². The number of hydrogen-bond acceptors (Lipinski definition) is 8. The molecule has 8 nitrogen and oxygen atoms in total. The average Bonchev–Trinajstić information content (AvgIpc) is 3.24. The van der Waals surface area contributed by atoms with Gasteiger partial charge in [0, 0.05) is 5.41 Å². The summed E-state index contributed by atoms with van der Waals surface area (Å²) in [5, 5.41) is 0. The molecule has 41 heavy (non-hydrogen) atoms. The van der Waals surface area contributed by atoms with Gasteiger partial charge in [0.05, 0.1) is 66.9 Å². The molecular formula is C33H32N8. The normalized spacial score (nSPS) is 18.0. The van der Waals surface area contributed by atoms with Crippen molar-refractivity contribution in [3.05, 3.63) is 70.8 Å². The largest absolute Gasteiger partial charge is 0.397 e. The van der Waals surface area contributed by atoms with E-state index in [2.05, 4.69) is 52.0 Å². The highest BCUT2D eigenvalue weighted by molar-refractivity contribution is 5.94. The number of benzene rings is 4. The smallest absolute Gasteiger partial charge is 0.0916 e. The van der Waals surface area contributed by atoms with Crippen LogP contribution in [0.4, 0.5) is 22.7 Å². The van der Waals surface area contributed by atoms with Gasteiger partial charge in [-0.2, -0.15) is 0 Å². The highest BCUT2D eigenvalue weighted by Crippen LogP contribution is 2.63. The third-order valence-corrected chi connectivity index (χ3v) is 9.53. The SMILES string of the molecule is CC1(C)CC2(CC(C)(C)c3cc4nc5cc(N)c(N)cc5nc4cc32)c2cc3nc4cc(N)c(N)cc4nc3cc21. The molecule has 2 aromatic heterocycles. The molecule has 2 heterocycles. The van der Waals surface area contributed by atoms with Crippen molar-refractivity contribution in [2.24, 2.45) is 0 Å². The van der Waals surface area contributed by atoms with E-state index in [-0.39, 0.29) is 16.2 Å². The van der Waals surface area contributed by atoms with E-state index in [1.54, 1.807) is 0 Å². The predicted molar refractivity (Wildman–Crippen MR) is 168 cm³/mol. The molecule has 0 fully saturated rings. The first-order valence-electron chi connectivity index (χ1n) is 14.0. The zero-order chi connectivity index (χ0) is 28.6. The maximum atomic E-state index is 6.11. The first-order valence-corrected chi connectivity index (χ1v) is 14.0. The van der Waals surface area contributed by atoms with Crippen LogP contribution in [-0.2, 0) is 16.2 Å². The molecule has 0 aliphatic heterocycles. The minimum absolute atomic E-state index is 0.0615. The summed E-state index contributed by atoms with van der Waals surface area (Å²) in [6.07, 6.45) is 1.97. The van der Waals surface area contributed by atoms with Crippen molar-refractivity contribution in [1.29, 1.82) is 0 Å². The fraction of sp³-hybridized carbons (Fsp3) is 0.273. The minimum atomic E-state index is -0.187. The third-order valence-electron chi connectivity index (χ3n) is 9.53. The minimum Gasteiger partial charge on any atom is -0.397 e. The second kappa shape index (κ2) is 7.32. The molecule has 6 aromatic rings. The van der Waals surface area contributed by atoms with Gasteiger partial charge >= 0.3 is 0 Å². The van der Waals surface area contributed by atoms with E-state index in [1.165, 1.54) is 22.3 Å². The standard InChI is InChI=1S/C33H32N8/c1-31(2)13-33(17-7-25-23(5-15(17)31)38-27-9-19(34)21(36)11-29(27)40-25)14-32(3,4)16-6-24-26(8-18(16)33)41-30-12-22(37)20(35)10-28(30)39-24/h5-12H,13-14,34-37H2,1-4H3. The molecule has 0 saturated carbocycles. The van der Waals surface area contributed by atoms with Gasteiger partial charge in [0.25, 0.3) is 0 Å². The maximum Gasteiger partial charge on any atom is 0.0916 e. The van der Waals surface area contributed by atoms with Crippen LogP contribution in [0.3, 0.4) is 0 Å². The molecule has 1 spiro atoms. The van der Waals surface area contributed by atoms with Crippen LogP contribution >= 0.6 is 0 Å². The van der Waals surface area contributed by atoms with E-state index in [4.69, 9.17) is 42.9 Å². The predicted octanol–water partition coefficient (Wildman–Crippen LogP) is 5.86. The van der Waals surface area contributed by atoms with Gasteiger partial charge in [-0.25, -0.2) is 19.9 Å². The first kappa shape index (κ1) is 24.1. The Hall–Kier alpha value is -4.72. The van der Waals surface area contributed by atoms with Gasteiger partial charge in [-0.3, -0.25) is 0 Å². The fourth-order valence-electron chi connectivity index (χ4n) is 7.81. The van der Waals surface area contributed by atoms with E-state index in [1.807, 2.05) is 24.3 Å². The van der Waals surface area contributed by atoms with Gasteiger partial charge < -0.3 is 22.9 Å². The molecule has 0 saturated heterocycles. The molecule has 0 amide bonds. The second-order valence-corrected chi connectivity index (χ2v) is 13.4. The summed E-state index contributed by atoms with van der Waals surface area (Å²) in [6, 6.07) is 16.3. The van der Waals surface area contributed by atoms with Gasteiger partial charge in [-0.05, 0) is 94.5 Å². The Morgan fingerprint density at radius 2 is 0.659 bits per heavy atom. The Bertz CT molecular complexity index is 2010. The molecule has 4 aromatic carbocycles. The Labute approximate surface area is 237 Å². The van der Waals surface area contributed by atoms with Crippen molar-refractivity contribution in [2.45, 2.75) is 56.8 Å². The van der Waals surface area contributed by atoms with Gasteiger partial charge in [0.15, 0.2) is 0 Å². The molecule has 2 aliphatic carbocycles. The Morgan fingerprint density at radius 1 is 0.415 bits per heavy atom. The summed E-state index contributed by atoms with van der Waals surface area (Å²) in [4.78, 5) is 19.9. The molecule has 0 atom stereocenters. The quantitative estimate of drug-likeness (QED) is 0.138. The second-order valence-electron chi connectivity index (χ2n) is 13.4. The first-order chi connectivity index (χ1) is 19.3. The van der Waals surface area contributed by atoms with Crippen LogP contribution in [0, 0.1) is 0 Å². The van der Waals surface area contributed by atoms with E-state index >= 15 is 0 Å². The van der Waals surface area contributed by atoms with Gasteiger partial charge in [-0.15, -0.1) is 0 Å². The van der Waals surface area contributed by atoms with Crippen LogP contribution in [-0.4, -0.2) is 19.9 Å². The van der Waals surface area contributed by atoms with Crippen molar-refractivity contribution in [1.82, 2.24) is 19.9 Å². The van der Waals surface area contributed by atoms with Gasteiger partial charge in [0.1, 0.15) is 0 Å². The van der Waals surface area contributed by atoms with Crippen LogP contribution in [0.25, 0.3) is 44.1 Å². The van der Waals surface area contributed by atoms with Crippen LogP contribution in [0.2, 0.25) is 0 Å². The summed E-state index contributed by atoms with van der Waals surface area (Å²) in [5.41, 5.74) is 37.9. The van der Waals surface area contributed by atoms with Crippen LogP contribution in [0.15, 0.2) is 48.5 Å². The molecule has 0 bridgehead atoms. The van der Waals surface area contributed by atoms with Gasteiger partial charge in [0.2, 0.25) is 0 Å². The maximum absolute atomic E-state index is 6.11. The topological polar surface area (TPSA) is 156 Å². The summed E-state index contributed by atoms with van der Waals surface area (Å²) in [6.45, 7) is 9.36. The lowest BCUT2D eigenvalue weighted by atomic mass is 9.72. The van der Waals surface area contributed by atoms with Gasteiger partial charge in [-0.1, -0.05) is 27.7 Å². The number of nitrogens with zero attached hydrogens (tertiary/aromatic N) is 4. The van der Waals surface area contributed by atoms with Crippen molar-refractivity contribution < 1.29 is 0 Å². The zero-order valence-corrected chi connectivity index (χ0v) is 23.6. The van der Waals surface area contributed by atoms with E-state index in [0.717, 1.165) is 57.0 Å². The number of nitrogens with two attached hydrogens (primary N) is 4. The summed E-state index contributed by atoms with van der Waals surface area (Å²) in [5.74, 6) is 0. The summed E-state index contributed by atoms with van der Waals surface area (Å²) >= 11 is 0. The number of hydrogen-bond donors (Lipinski definition) is 4.